The molecule has 340 valence electrons. The van der Waals surface area contributed by atoms with Gasteiger partial charge in [0.25, 0.3) is 0 Å². The maximum atomic E-state index is 12.8. The van der Waals surface area contributed by atoms with E-state index in [-0.39, 0.29) is 50.3 Å². The van der Waals surface area contributed by atoms with Gasteiger partial charge in [-0.05, 0) is 44.1 Å². The van der Waals surface area contributed by atoms with Gasteiger partial charge < -0.3 is 29.1 Å². The number of phosphoric ester groups is 1. The molecule has 0 aromatic carbocycles. The molecule has 6 atom stereocenters. The molecular weight excluding hydrogens is 757 g/mol. The molecule has 1 rings (SSSR count). The van der Waals surface area contributed by atoms with Crippen molar-refractivity contribution < 1.29 is 52.3 Å². The third kappa shape index (κ3) is 30.4. The standard InChI is InChI=1S/C46H86NO10P/c1-6-8-10-11-12-13-14-15-16-17-18-19-20-21-24-28-35-54-38-41(39-56-58(52,53)55-36-34-47(3,4)5)57-46(51)31-27-23-22-26-30-42-43(45(50)37-44(42)49)33-32-40(48)29-25-9-7-2/h28,32-33,35,40-44,48-49H,6-27,29-31,34,36-39H2,1-5H3/p+1/b33-32+,35-28+/t40-,41+,42+,43+,44-/m0/s1. The molecule has 0 saturated heterocycles. The average molecular weight is 845 g/mol. The average Bonchev–Trinajstić information content (AvgIpc) is 3.43. The maximum Gasteiger partial charge on any atom is 0.472 e. The molecule has 12 heteroatoms. The number of quaternary nitrogens is 1. The van der Waals surface area contributed by atoms with Crippen molar-refractivity contribution in [3.8, 4) is 0 Å². The Bertz CT molecular complexity index is 1140. The van der Waals surface area contributed by atoms with E-state index < -0.39 is 32.1 Å². The number of ether oxygens (including phenoxy) is 2. The number of aliphatic hydroxyl groups is 2. The van der Waals surface area contributed by atoms with Gasteiger partial charge in [-0.1, -0.05) is 148 Å². The zero-order valence-corrected chi connectivity index (χ0v) is 38.4. The van der Waals surface area contributed by atoms with Crippen molar-refractivity contribution >= 4 is 19.6 Å². The second kappa shape index (κ2) is 34.0. The van der Waals surface area contributed by atoms with E-state index in [1.807, 2.05) is 27.2 Å². The minimum Gasteiger partial charge on any atom is -0.498 e. The largest absolute Gasteiger partial charge is 0.498 e. The summed E-state index contributed by atoms with van der Waals surface area (Å²) in [5, 5.41) is 20.8. The number of likely N-dealkylation sites (N-methyl/N-ethyl adjacent to an activating group) is 1. The van der Waals surface area contributed by atoms with Gasteiger partial charge >= 0.3 is 13.8 Å². The molecular formula is C46H87NO10P+. The summed E-state index contributed by atoms with van der Waals surface area (Å²) in [6.45, 7) is 4.57. The Morgan fingerprint density at radius 2 is 1.38 bits per heavy atom. The Morgan fingerprint density at radius 3 is 2.00 bits per heavy atom. The Hall–Kier alpha value is -1.59. The fourth-order valence-corrected chi connectivity index (χ4v) is 8.05. The number of Topliss-reactive ketones (excluding diaryl/α,β-unsaturated/α-hetero) is 1. The number of rotatable bonds is 39. The van der Waals surface area contributed by atoms with Crippen LogP contribution in [0.1, 0.15) is 181 Å². The zero-order chi connectivity index (χ0) is 42.9. The molecule has 1 aliphatic carbocycles. The van der Waals surface area contributed by atoms with Crippen molar-refractivity contribution in [1.29, 1.82) is 0 Å². The summed E-state index contributed by atoms with van der Waals surface area (Å²) in [5.41, 5.74) is 0. The number of allylic oxidation sites excluding steroid dienone is 2. The molecule has 58 heavy (non-hydrogen) atoms. The quantitative estimate of drug-likeness (QED) is 0.0136. The molecule has 0 spiro atoms. The third-order valence-electron chi connectivity index (χ3n) is 11.0. The van der Waals surface area contributed by atoms with Gasteiger partial charge in [0.05, 0.1) is 46.2 Å². The van der Waals surface area contributed by atoms with E-state index in [2.05, 4.69) is 13.8 Å². The van der Waals surface area contributed by atoms with Crippen LogP contribution in [0, 0.1) is 11.8 Å². The topological polar surface area (TPSA) is 149 Å². The van der Waals surface area contributed by atoms with E-state index in [0.717, 1.165) is 51.4 Å². The van der Waals surface area contributed by atoms with E-state index in [4.69, 9.17) is 18.5 Å². The lowest BCUT2D eigenvalue weighted by Gasteiger charge is -2.24. The highest BCUT2D eigenvalue weighted by Gasteiger charge is 2.39. The Kier molecular flexibility index (Phi) is 32.0. The van der Waals surface area contributed by atoms with Crippen LogP contribution in [0.3, 0.4) is 0 Å². The van der Waals surface area contributed by atoms with Crippen LogP contribution in [0.2, 0.25) is 0 Å². The van der Waals surface area contributed by atoms with E-state index in [0.29, 0.717) is 30.3 Å². The SMILES string of the molecule is CCCCCCCCCCCCCCCC/C=C/OC[C@H](COP(=O)(O)OCC[N+](C)(C)C)OC(=O)CCCCCC[C@H]1[C@@H](O)CC(=O)[C@@H]1/C=C/[C@@H](O)CCCCC. The molecule has 0 bridgehead atoms. The maximum absolute atomic E-state index is 12.8. The number of carbonyl (C=O) groups excluding carboxylic acids is 2. The van der Waals surface area contributed by atoms with Gasteiger partial charge in [0.15, 0.2) is 6.10 Å². The summed E-state index contributed by atoms with van der Waals surface area (Å²) in [5.74, 6) is -0.955. The van der Waals surface area contributed by atoms with Gasteiger partial charge in [0, 0.05) is 18.8 Å². The number of unbranched alkanes of at least 4 members (excludes halogenated alkanes) is 19. The lowest BCUT2D eigenvalue weighted by Crippen LogP contribution is -2.37. The lowest BCUT2D eigenvalue weighted by molar-refractivity contribution is -0.870. The third-order valence-corrected chi connectivity index (χ3v) is 12.0. The normalized spacial score (nSPS) is 19.6. The van der Waals surface area contributed by atoms with Crippen LogP contribution in [0.15, 0.2) is 24.5 Å². The number of ketones is 1. The molecule has 0 aromatic rings. The highest BCUT2D eigenvalue weighted by atomic mass is 31.2. The Morgan fingerprint density at radius 1 is 0.810 bits per heavy atom. The first-order valence-corrected chi connectivity index (χ1v) is 24.7. The number of carbonyl (C=O) groups is 2. The van der Waals surface area contributed by atoms with Gasteiger partial charge in [0.2, 0.25) is 0 Å². The fraction of sp³-hybridized carbons (Fsp3) is 0.870. The van der Waals surface area contributed by atoms with Crippen LogP contribution in [-0.4, -0.2) is 97.2 Å². The minimum absolute atomic E-state index is 0.0202. The summed E-state index contributed by atoms with van der Waals surface area (Å²) >= 11 is 0. The van der Waals surface area contributed by atoms with E-state index in [9.17, 15) is 29.3 Å². The number of phosphoric acid groups is 1. The molecule has 3 N–H and O–H groups in total. The first-order valence-electron chi connectivity index (χ1n) is 23.2. The summed E-state index contributed by atoms with van der Waals surface area (Å²) < 4.78 is 34.7. The molecule has 11 nitrogen and oxygen atoms in total. The molecule has 1 aliphatic rings. The molecule has 0 amide bonds. The van der Waals surface area contributed by atoms with Gasteiger partial charge in [0.1, 0.15) is 25.5 Å². The van der Waals surface area contributed by atoms with Gasteiger partial charge in [-0.25, -0.2) is 4.57 Å². The van der Waals surface area contributed by atoms with Crippen molar-refractivity contribution in [3.63, 3.8) is 0 Å². The van der Waals surface area contributed by atoms with Gasteiger partial charge in [-0.2, -0.15) is 0 Å². The van der Waals surface area contributed by atoms with Crippen LogP contribution in [0.4, 0.5) is 0 Å². The molecule has 0 heterocycles. The number of hydrogen-bond acceptors (Lipinski definition) is 9. The smallest absolute Gasteiger partial charge is 0.472 e. The number of nitrogens with zero attached hydrogens (tertiary/aromatic N) is 1. The Labute approximate surface area is 353 Å². The van der Waals surface area contributed by atoms with E-state index in [1.165, 1.54) is 83.5 Å². The molecule has 0 aromatic heterocycles. The fourth-order valence-electron chi connectivity index (χ4n) is 7.31. The monoisotopic (exact) mass is 845 g/mol. The van der Waals surface area contributed by atoms with Crippen molar-refractivity contribution in [2.75, 3.05) is 47.5 Å². The first-order chi connectivity index (χ1) is 27.8. The predicted molar refractivity (Wildman–Crippen MR) is 234 cm³/mol. The van der Waals surface area contributed by atoms with Crippen molar-refractivity contribution in [2.45, 2.75) is 199 Å². The zero-order valence-electron chi connectivity index (χ0n) is 37.5. The molecule has 0 radical (unpaired) electrons. The predicted octanol–water partition coefficient (Wildman–Crippen LogP) is 10.5. The van der Waals surface area contributed by atoms with Crippen LogP contribution in [0.25, 0.3) is 0 Å². The molecule has 1 unspecified atom stereocenters. The highest BCUT2D eigenvalue weighted by molar-refractivity contribution is 7.47. The summed E-state index contributed by atoms with van der Waals surface area (Å²) in [6, 6.07) is 0. The minimum atomic E-state index is -4.36. The molecule has 1 saturated carbocycles. The van der Waals surface area contributed by atoms with Crippen LogP contribution in [0.5, 0.6) is 0 Å². The van der Waals surface area contributed by atoms with E-state index in [1.54, 1.807) is 18.4 Å². The second-order valence-corrected chi connectivity index (χ2v) is 19.1. The van der Waals surface area contributed by atoms with Crippen LogP contribution >= 0.6 is 7.82 Å². The number of esters is 1. The number of hydrogen-bond donors (Lipinski definition) is 3. The first kappa shape index (κ1) is 54.4. The van der Waals surface area contributed by atoms with Crippen LogP contribution < -0.4 is 0 Å². The second-order valence-electron chi connectivity index (χ2n) is 17.6. The van der Waals surface area contributed by atoms with E-state index >= 15 is 0 Å². The van der Waals surface area contributed by atoms with Crippen molar-refractivity contribution in [2.24, 2.45) is 11.8 Å². The summed E-state index contributed by atoms with van der Waals surface area (Å²) in [4.78, 5) is 35.6. The molecule has 1 fully saturated rings. The van der Waals surface area contributed by atoms with Crippen LogP contribution in [-0.2, 0) is 32.7 Å². The molecule has 0 aliphatic heterocycles. The van der Waals surface area contributed by atoms with Gasteiger partial charge in [-0.3, -0.25) is 18.6 Å². The number of aliphatic hydroxyl groups excluding tert-OH is 2. The summed E-state index contributed by atoms with van der Waals surface area (Å²) in [6.07, 6.45) is 32.0. The summed E-state index contributed by atoms with van der Waals surface area (Å²) in [7, 11) is 1.49. The highest BCUT2D eigenvalue weighted by Crippen LogP contribution is 2.43. The lowest BCUT2D eigenvalue weighted by atomic mass is 9.88. The van der Waals surface area contributed by atoms with Crippen molar-refractivity contribution in [1.82, 2.24) is 0 Å². The van der Waals surface area contributed by atoms with Gasteiger partial charge in [-0.15, -0.1) is 0 Å². The van der Waals surface area contributed by atoms with Crippen molar-refractivity contribution in [3.05, 3.63) is 24.5 Å². The Balaban J connectivity index is 2.42.